The fourth-order valence-electron chi connectivity index (χ4n) is 2.28. The molecule has 0 amide bonds. The quantitative estimate of drug-likeness (QED) is 0.669. The lowest BCUT2D eigenvalue weighted by Gasteiger charge is -2.24. The predicted molar refractivity (Wildman–Crippen MR) is 100 cm³/mol. The van der Waals surface area contributed by atoms with Gasteiger partial charge in [-0.25, -0.2) is 8.42 Å². The molecule has 0 saturated heterocycles. The molecule has 0 aliphatic rings. The summed E-state index contributed by atoms with van der Waals surface area (Å²) in [4.78, 5) is 11.9. The average Bonchev–Trinajstić information content (AvgIpc) is 2.60. The van der Waals surface area contributed by atoms with Crippen LogP contribution >= 0.6 is 11.6 Å². The highest BCUT2D eigenvalue weighted by molar-refractivity contribution is 7.92. The molecule has 0 atom stereocenters. The van der Waals surface area contributed by atoms with Gasteiger partial charge in [0.25, 0.3) is 10.0 Å². The molecule has 0 N–H and O–H groups in total. The van der Waals surface area contributed by atoms with E-state index in [1.807, 2.05) is 6.92 Å². The zero-order valence-electron chi connectivity index (χ0n) is 14.7. The van der Waals surface area contributed by atoms with E-state index in [4.69, 9.17) is 21.1 Å². The van der Waals surface area contributed by atoms with Crippen LogP contribution in [0.1, 0.15) is 12.5 Å². The number of halogens is 1. The fraction of sp³-hybridized carbons (Fsp3) is 0.278. The Hall–Kier alpha value is -2.25. The Labute approximate surface area is 158 Å². The van der Waals surface area contributed by atoms with E-state index in [1.54, 1.807) is 31.2 Å². The SMILES string of the molecule is CCOC(=O)CN(c1ccc(C)cc1)S(=O)(=O)c1ccc(OC)c(Cl)c1. The normalized spacial score (nSPS) is 11.1. The molecular formula is C18H20ClNO5S. The van der Waals surface area contributed by atoms with Gasteiger partial charge in [-0.15, -0.1) is 0 Å². The summed E-state index contributed by atoms with van der Waals surface area (Å²) in [6.45, 7) is 3.26. The minimum atomic E-state index is -4.04. The minimum absolute atomic E-state index is 0.0480. The largest absolute Gasteiger partial charge is 0.495 e. The Morgan fingerprint density at radius 2 is 1.81 bits per heavy atom. The van der Waals surface area contributed by atoms with Gasteiger partial charge in [0.2, 0.25) is 0 Å². The van der Waals surface area contributed by atoms with E-state index in [0.717, 1.165) is 9.87 Å². The molecule has 0 fully saturated rings. The highest BCUT2D eigenvalue weighted by Crippen LogP contribution is 2.30. The Morgan fingerprint density at radius 3 is 2.35 bits per heavy atom. The summed E-state index contributed by atoms with van der Waals surface area (Å²) in [7, 11) is -2.60. The van der Waals surface area contributed by atoms with Gasteiger partial charge in [0.05, 0.1) is 29.3 Å². The lowest BCUT2D eigenvalue weighted by atomic mass is 10.2. The van der Waals surface area contributed by atoms with E-state index in [2.05, 4.69) is 0 Å². The van der Waals surface area contributed by atoms with E-state index in [0.29, 0.717) is 11.4 Å². The van der Waals surface area contributed by atoms with Crippen LogP contribution in [0.4, 0.5) is 5.69 Å². The second-order valence-electron chi connectivity index (χ2n) is 5.45. The summed E-state index contributed by atoms with van der Waals surface area (Å²) in [5.74, 6) is -0.283. The maximum Gasteiger partial charge on any atom is 0.326 e. The van der Waals surface area contributed by atoms with Gasteiger partial charge in [0, 0.05) is 0 Å². The smallest absolute Gasteiger partial charge is 0.326 e. The number of anilines is 1. The Bertz CT molecular complexity index is 881. The van der Waals surface area contributed by atoms with Crippen molar-refractivity contribution >= 4 is 33.3 Å². The van der Waals surface area contributed by atoms with Crippen molar-refractivity contribution < 1.29 is 22.7 Å². The van der Waals surface area contributed by atoms with Crippen LogP contribution in [-0.2, 0) is 19.6 Å². The number of benzene rings is 2. The number of aryl methyl sites for hydroxylation is 1. The number of carbonyl (C=O) groups excluding carboxylic acids is 1. The minimum Gasteiger partial charge on any atom is -0.495 e. The molecule has 0 unspecified atom stereocenters. The van der Waals surface area contributed by atoms with Crippen LogP contribution < -0.4 is 9.04 Å². The van der Waals surface area contributed by atoms with Crippen LogP contribution in [0.25, 0.3) is 0 Å². The molecule has 2 rings (SSSR count). The van der Waals surface area contributed by atoms with Crippen molar-refractivity contribution in [2.45, 2.75) is 18.7 Å². The van der Waals surface area contributed by atoms with Gasteiger partial charge in [-0.05, 0) is 44.2 Å². The van der Waals surface area contributed by atoms with Gasteiger partial charge in [0.15, 0.2) is 0 Å². The molecule has 0 aliphatic heterocycles. The third-order valence-electron chi connectivity index (χ3n) is 3.61. The van der Waals surface area contributed by atoms with Crippen LogP contribution in [0.2, 0.25) is 5.02 Å². The van der Waals surface area contributed by atoms with E-state index in [1.165, 1.54) is 25.3 Å². The Balaban J connectivity index is 2.49. The second-order valence-corrected chi connectivity index (χ2v) is 7.72. The number of rotatable bonds is 7. The summed E-state index contributed by atoms with van der Waals surface area (Å²) < 4.78 is 37.2. The van der Waals surface area contributed by atoms with E-state index in [9.17, 15) is 13.2 Å². The van der Waals surface area contributed by atoms with Gasteiger partial charge >= 0.3 is 5.97 Å². The summed E-state index contributed by atoms with van der Waals surface area (Å²) in [6, 6.07) is 10.9. The first kappa shape index (κ1) is 20.1. The zero-order chi connectivity index (χ0) is 19.3. The molecule has 0 aromatic heterocycles. The average molecular weight is 398 g/mol. The number of hydrogen-bond acceptors (Lipinski definition) is 5. The van der Waals surface area contributed by atoms with Crippen LogP contribution in [0.5, 0.6) is 5.75 Å². The number of hydrogen-bond donors (Lipinski definition) is 0. The third kappa shape index (κ3) is 4.47. The van der Waals surface area contributed by atoms with Gasteiger partial charge in [0.1, 0.15) is 12.3 Å². The molecule has 8 heteroatoms. The van der Waals surface area contributed by atoms with Crippen molar-refractivity contribution in [3.05, 3.63) is 53.1 Å². The van der Waals surface area contributed by atoms with Crippen molar-refractivity contribution in [3.63, 3.8) is 0 Å². The molecule has 26 heavy (non-hydrogen) atoms. The maximum absolute atomic E-state index is 13.1. The Kier molecular flexibility index (Phi) is 6.50. The lowest BCUT2D eigenvalue weighted by molar-refractivity contribution is -0.141. The van der Waals surface area contributed by atoms with Gasteiger partial charge in [-0.2, -0.15) is 0 Å². The summed E-state index contributed by atoms with van der Waals surface area (Å²) in [5.41, 5.74) is 1.32. The number of ether oxygens (including phenoxy) is 2. The van der Waals surface area contributed by atoms with Crippen molar-refractivity contribution in [2.75, 3.05) is 24.6 Å². The first-order valence-electron chi connectivity index (χ1n) is 7.88. The topological polar surface area (TPSA) is 72.9 Å². The molecule has 6 nitrogen and oxygen atoms in total. The fourth-order valence-corrected chi connectivity index (χ4v) is 4.04. The second kappa shape index (κ2) is 8.42. The van der Waals surface area contributed by atoms with Gasteiger partial charge in [-0.3, -0.25) is 9.10 Å². The number of carbonyl (C=O) groups is 1. The first-order valence-corrected chi connectivity index (χ1v) is 9.70. The molecule has 2 aromatic carbocycles. The Morgan fingerprint density at radius 1 is 1.15 bits per heavy atom. The molecular weight excluding hydrogens is 378 g/mol. The summed E-state index contributed by atoms with van der Waals surface area (Å²) in [6.07, 6.45) is 0. The molecule has 140 valence electrons. The molecule has 0 aliphatic carbocycles. The predicted octanol–water partition coefficient (Wildman–Crippen LogP) is 3.42. The van der Waals surface area contributed by atoms with Crippen molar-refractivity contribution in [3.8, 4) is 5.75 Å². The highest BCUT2D eigenvalue weighted by Gasteiger charge is 2.28. The van der Waals surface area contributed by atoms with Gasteiger partial charge < -0.3 is 9.47 Å². The maximum atomic E-state index is 13.1. The number of methoxy groups -OCH3 is 1. The molecule has 0 radical (unpaired) electrons. The van der Waals surface area contributed by atoms with Crippen LogP contribution in [0, 0.1) is 6.92 Å². The zero-order valence-corrected chi connectivity index (χ0v) is 16.3. The summed E-state index contributed by atoms with van der Waals surface area (Å²) >= 11 is 6.06. The standard InChI is InChI=1S/C18H20ClNO5S/c1-4-25-18(21)12-20(14-7-5-13(2)6-8-14)26(22,23)15-9-10-17(24-3)16(19)11-15/h5-11H,4,12H2,1-3H3. The van der Waals surface area contributed by atoms with Crippen molar-refractivity contribution in [2.24, 2.45) is 0 Å². The van der Waals surface area contributed by atoms with Crippen LogP contribution in [0.15, 0.2) is 47.4 Å². The highest BCUT2D eigenvalue weighted by atomic mass is 35.5. The lowest BCUT2D eigenvalue weighted by Crippen LogP contribution is -2.36. The van der Waals surface area contributed by atoms with Crippen molar-refractivity contribution in [1.82, 2.24) is 0 Å². The molecule has 2 aromatic rings. The summed E-state index contributed by atoms with van der Waals surface area (Å²) in [5, 5.41) is 0.161. The molecule has 0 heterocycles. The van der Waals surface area contributed by atoms with Crippen LogP contribution in [-0.4, -0.2) is 34.6 Å². The van der Waals surface area contributed by atoms with Crippen molar-refractivity contribution in [1.29, 1.82) is 0 Å². The van der Waals surface area contributed by atoms with E-state index in [-0.39, 0.29) is 16.5 Å². The third-order valence-corrected chi connectivity index (χ3v) is 5.68. The molecule has 0 spiro atoms. The van der Waals surface area contributed by atoms with Gasteiger partial charge in [-0.1, -0.05) is 29.3 Å². The monoisotopic (exact) mass is 397 g/mol. The molecule has 0 bridgehead atoms. The van der Waals surface area contributed by atoms with Crippen LogP contribution in [0.3, 0.4) is 0 Å². The molecule has 0 saturated carbocycles. The van der Waals surface area contributed by atoms with E-state index >= 15 is 0 Å². The number of sulfonamides is 1. The first-order chi connectivity index (χ1) is 12.3. The van der Waals surface area contributed by atoms with E-state index < -0.39 is 22.5 Å². The number of esters is 1. The number of nitrogens with zero attached hydrogens (tertiary/aromatic N) is 1.